The lowest BCUT2D eigenvalue weighted by Gasteiger charge is -2.09. The molecule has 3 rings (SSSR count). The summed E-state index contributed by atoms with van der Waals surface area (Å²) in [5.74, 6) is 2.54. The van der Waals surface area contributed by atoms with Gasteiger partial charge in [-0.05, 0) is 66.6 Å². The van der Waals surface area contributed by atoms with E-state index in [-0.39, 0.29) is 5.91 Å². The van der Waals surface area contributed by atoms with E-state index >= 15 is 0 Å². The summed E-state index contributed by atoms with van der Waals surface area (Å²) in [5.41, 5.74) is 4.63. The van der Waals surface area contributed by atoms with Crippen molar-refractivity contribution in [1.29, 1.82) is 0 Å². The van der Waals surface area contributed by atoms with Gasteiger partial charge in [-0.1, -0.05) is 43.8 Å². The minimum absolute atomic E-state index is 0.0492. The van der Waals surface area contributed by atoms with Crippen LogP contribution in [0.15, 0.2) is 47.6 Å². The molecule has 1 amide bonds. The number of methoxy groups -OCH3 is 1. The van der Waals surface area contributed by atoms with Crippen molar-refractivity contribution in [3.63, 3.8) is 0 Å². The molecule has 170 valence electrons. The molecule has 6 nitrogen and oxygen atoms in total. The van der Waals surface area contributed by atoms with E-state index in [1.54, 1.807) is 7.11 Å². The molecule has 32 heavy (non-hydrogen) atoms. The van der Waals surface area contributed by atoms with Crippen molar-refractivity contribution in [3.8, 4) is 5.75 Å². The fraction of sp³-hybridized carbons (Fsp3) is 0.400. The van der Waals surface area contributed by atoms with E-state index in [1.165, 1.54) is 28.5 Å². The highest BCUT2D eigenvalue weighted by atomic mass is 32.2. The zero-order chi connectivity index (χ0) is 23.1. The number of carbonyl (C=O) groups is 1. The van der Waals surface area contributed by atoms with Gasteiger partial charge in [0.1, 0.15) is 11.6 Å². The number of hydrogen-bond acceptors (Lipinski definition) is 5. The van der Waals surface area contributed by atoms with Crippen LogP contribution in [0.3, 0.4) is 0 Å². The standard InChI is InChI=1S/C25H32N4O2S/c1-17(2)19-9-12-21(13-10-19)26-24(30)16-32-25-28-27-23(29(25)4)8-6-7-20-11-14-22(31-5)15-18(20)3/h9-15,17H,6-8,16H2,1-5H3,(H,26,30). The van der Waals surface area contributed by atoms with Crippen LogP contribution >= 0.6 is 11.8 Å². The Morgan fingerprint density at radius 2 is 1.88 bits per heavy atom. The van der Waals surface area contributed by atoms with E-state index in [1.807, 2.05) is 29.8 Å². The fourth-order valence-corrected chi connectivity index (χ4v) is 4.21. The number of amides is 1. The van der Waals surface area contributed by atoms with E-state index in [0.717, 1.165) is 41.7 Å². The molecule has 7 heteroatoms. The Morgan fingerprint density at radius 3 is 2.53 bits per heavy atom. The molecule has 0 aliphatic heterocycles. The van der Waals surface area contributed by atoms with Gasteiger partial charge < -0.3 is 14.6 Å². The third kappa shape index (κ3) is 6.36. The summed E-state index contributed by atoms with van der Waals surface area (Å²) in [6.07, 6.45) is 2.80. The van der Waals surface area contributed by atoms with Crippen LogP contribution in [0, 0.1) is 6.92 Å². The van der Waals surface area contributed by atoms with Crippen molar-refractivity contribution in [2.24, 2.45) is 7.05 Å². The Kier molecular flexibility index (Phi) is 8.33. The van der Waals surface area contributed by atoms with Crippen molar-refractivity contribution < 1.29 is 9.53 Å². The molecule has 0 radical (unpaired) electrons. The summed E-state index contributed by atoms with van der Waals surface area (Å²) < 4.78 is 7.26. The lowest BCUT2D eigenvalue weighted by molar-refractivity contribution is -0.113. The Morgan fingerprint density at radius 1 is 1.12 bits per heavy atom. The van der Waals surface area contributed by atoms with Crippen LogP contribution in [0.1, 0.15) is 48.7 Å². The monoisotopic (exact) mass is 452 g/mol. The van der Waals surface area contributed by atoms with Crippen molar-refractivity contribution >= 4 is 23.4 Å². The zero-order valence-corrected chi connectivity index (χ0v) is 20.3. The maximum atomic E-state index is 12.3. The Labute approximate surface area is 194 Å². The van der Waals surface area contributed by atoms with Gasteiger partial charge in [0.05, 0.1) is 12.9 Å². The zero-order valence-electron chi connectivity index (χ0n) is 19.5. The van der Waals surface area contributed by atoms with Crippen LogP contribution in [0.5, 0.6) is 5.75 Å². The molecular weight excluding hydrogens is 420 g/mol. The topological polar surface area (TPSA) is 69.0 Å². The molecule has 0 saturated carbocycles. The highest BCUT2D eigenvalue weighted by molar-refractivity contribution is 7.99. The van der Waals surface area contributed by atoms with Crippen molar-refractivity contribution in [2.45, 2.75) is 51.1 Å². The van der Waals surface area contributed by atoms with E-state index < -0.39 is 0 Å². The Hall–Kier alpha value is -2.80. The Balaban J connectivity index is 1.47. The minimum Gasteiger partial charge on any atom is -0.497 e. The van der Waals surface area contributed by atoms with Gasteiger partial charge in [-0.15, -0.1) is 10.2 Å². The van der Waals surface area contributed by atoms with Crippen LogP contribution in [0.25, 0.3) is 0 Å². The Bertz CT molecular complexity index is 1040. The van der Waals surface area contributed by atoms with Gasteiger partial charge in [0.2, 0.25) is 5.91 Å². The second-order valence-electron chi connectivity index (χ2n) is 8.22. The van der Waals surface area contributed by atoms with Crippen molar-refractivity contribution in [3.05, 3.63) is 65.0 Å². The van der Waals surface area contributed by atoms with Crippen LogP contribution in [0.4, 0.5) is 5.69 Å². The molecule has 3 aromatic rings. The van der Waals surface area contributed by atoms with E-state index in [0.29, 0.717) is 11.7 Å². The quantitative estimate of drug-likeness (QED) is 0.430. The summed E-state index contributed by atoms with van der Waals surface area (Å²) in [6.45, 7) is 6.41. The smallest absolute Gasteiger partial charge is 0.234 e. The van der Waals surface area contributed by atoms with Gasteiger partial charge in [0.25, 0.3) is 0 Å². The number of rotatable bonds is 10. The predicted octanol–water partition coefficient (Wildman–Crippen LogP) is 5.16. The number of nitrogens with zero attached hydrogens (tertiary/aromatic N) is 3. The third-order valence-electron chi connectivity index (χ3n) is 5.51. The second kappa shape index (κ2) is 11.2. The van der Waals surface area contributed by atoms with Crippen LogP contribution in [0.2, 0.25) is 0 Å². The number of carbonyl (C=O) groups excluding carboxylic acids is 1. The van der Waals surface area contributed by atoms with E-state index in [2.05, 4.69) is 60.6 Å². The summed E-state index contributed by atoms with van der Waals surface area (Å²) in [4.78, 5) is 12.3. The number of aromatic nitrogens is 3. The van der Waals surface area contributed by atoms with Crippen LogP contribution in [-0.2, 0) is 24.7 Å². The number of hydrogen-bond donors (Lipinski definition) is 1. The molecule has 1 heterocycles. The molecule has 1 aromatic heterocycles. The molecule has 0 aliphatic rings. The summed E-state index contributed by atoms with van der Waals surface area (Å²) in [5, 5.41) is 12.3. The molecule has 0 bridgehead atoms. The molecule has 0 unspecified atom stereocenters. The largest absolute Gasteiger partial charge is 0.497 e. The van der Waals surface area contributed by atoms with E-state index in [9.17, 15) is 4.79 Å². The summed E-state index contributed by atoms with van der Waals surface area (Å²) in [6, 6.07) is 14.2. The molecular formula is C25H32N4O2S. The molecule has 2 aromatic carbocycles. The highest BCUT2D eigenvalue weighted by Gasteiger charge is 2.12. The van der Waals surface area contributed by atoms with Gasteiger partial charge in [-0.2, -0.15) is 0 Å². The minimum atomic E-state index is -0.0492. The maximum Gasteiger partial charge on any atom is 0.234 e. The second-order valence-corrected chi connectivity index (χ2v) is 9.16. The summed E-state index contributed by atoms with van der Waals surface area (Å²) in [7, 11) is 3.64. The van der Waals surface area contributed by atoms with Crippen LogP contribution in [-0.4, -0.2) is 33.5 Å². The fourth-order valence-electron chi connectivity index (χ4n) is 3.48. The number of nitrogens with one attached hydrogen (secondary N) is 1. The number of benzene rings is 2. The molecule has 0 atom stereocenters. The molecule has 0 aliphatic carbocycles. The lowest BCUT2D eigenvalue weighted by Crippen LogP contribution is -2.14. The lowest BCUT2D eigenvalue weighted by atomic mass is 10.0. The average molecular weight is 453 g/mol. The van der Waals surface area contributed by atoms with Gasteiger partial charge in [-0.3, -0.25) is 4.79 Å². The molecule has 0 fully saturated rings. The summed E-state index contributed by atoms with van der Waals surface area (Å²) >= 11 is 1.40. The predicted molar refractivity (Wildman–Crippen MR) is 131 cm³/mol. The third-order valence-corrected chi connectivity index (χ3v) is 6.54. The maximum absolute atomic E-state index is 12.3. The number of aryl methyl sites for hydroxylation is 3. The van der Waals surface area contributed by atoms with Gasteiger partial charge in [0, 0.05) is 19.2 Å². The van der Waals surface area contributed by atoms with Gasteiger partial charge in [0.15, 0.2) is 5.16 Å². The number of thioether (sulfide) groups is 1. The molecule has 0 spiro atoms. The first-order valence-corrected chi connectivity index (χ1v) is 11.9. The first-order valence-electron chi connectivity index (χ1n) is 10.9. The highest BCUT2D eigenvalue weighted by Crippen LogP contribution is 2.21. The SMILES string of the molecule is COc1ccc(CCCc2nnc(SCC(=O)Nc3ccc(C(C)C)cc3)n2C)c(C)c1. The van der Waals surface area contributed by atoms with Crippen molar-refractivity contribution in [1.82, 2.24) is 14.8 Å². The van der Waals surface area contributed by atoms with Gasteiger partial charge in [-0.25, -0.2) is 0 Å². The van der Waals surface area contributed by atoms with Crippen LogP contribution < -0.4 is 10.1 Å². The first kappa shape index (κ1) is 23.9. The van der Waals surface area contributed by atoms with E-state index in [4.69, 9.17) is 4.74 Å². The number of anilines is 1. The number of ether oxygens (including phenoxy) is 1. The van der Waals surface area contributed by atoms with Crippen molar-refractivity contribution in [2.75, 3.05) is 18.2 Å². The van der Waals surface area contributed by atoms with Gasteiger partial charge >= 0.3 is 0 Å². The normalized spacial score (nSPS) is 11.1. The first-order chi connectivity index (χ1) is 15.4. The molecule has 0 saturated heterocycles. The molecule has 1 N–H and O–H groups in total. The average Bonchev–Trinajstić information content (AvgIpc) is 3.13.